The van der Waals surface area contributed by atoms with Crippen molar-refractivity contribution < 1.29 is 0 Å². The molecule has 18 heavy (non-hydrogen) atoms. The summed E-state index contributed by atoms with van der Waals surface area (Å²) in [5.74, 6) is 1.43. The average Bonchev–Trinajstić information content (AvgIpc) is 2.47. The molecule has 0 unspecified atom stereocenters. The zero-order chi connectivity index (χ0) is 12.4. The van der Waals surface area contributed by atoms with Crippen molar-refractivity contribution in [2.24, 2.45) is 11.7 Å². The molecule has 2 nitrogen and oxygen atoms in total. The molecule has 2 N–H and O–H groups in total. The monoisotopic (exact) mass is 240 g/mol. The predicted molar refractivity (Wildman–Crippen MR) is 75.5 cm³/mol. The molecule has 1 aromatic carbocycles. The number of aromatic nitrogens is 1. The third kappa shape index (κ3) is 2.25. The standard InChI is InChI=1S/C16H20N2/c17-10-12-5-7-13(8-6-12)15-9-14-3-1-2-4-16(14)18-11-15/h1-4,9,11-13H,5-8,10,17H2. The van der Waals surface area contributed by atoms with Crippen LogP contribution in [0.2, 0.25) is 0 Å². The molecule has 1 heterocycles. The smallest absolute Gasteiger partial charge is 0.0702 e. The summed E-state index contributed by atoms with van der Waals surface area (Å²) in [7, 11) is 0. The van der Waals surface area contributed by atoms with Crippen LogP contribution in [0.5, 0.6) is 0 Å². The van der Waals surface area contributed by atoms with Gasteiger partial charge in [-0.2, -0.15) is 0 Å². The van der Waals surface area contributed by atoms with E-state index in [9.17, 15) is 0 Å². The topological polar surface area (TPSA) is 38.9 Å². The lowest BCUT2D eigenvalue weighted by atomic mass is 9.79. The average molecular weight is 240 g/mol. The number of para-hydroxylation sites is 1. The number of fused-ring (bicyclic) bond motifs is 1. The number of hydrogen-bond donors (Lipinski definition) is 1. The Morgan fingerprint density at radius 3 is 2.67 bits per heavy atom. The van der Waals surface area contributed by atoms with Crippen LogP contribution in [0.25, 0.3) is 10.9 Å². The van der Waals surface area contributed by atoms with Crippen LogP contribution in [0.15, 0.2) is 36.5 Å². The largest absolute Gasteiger partial charge is 0.330 e. The first-order valence-electron chi connectivity index (χ1n) is 6.91. The molecule has 1 aromatic heterocycles. The number of rotatable bonds is 2. The number of nitrogens with zero attached hydrogens (tertiary/aromatic N) is 1. The second-order valence-electron chi connectivity index (χ2n) is 5.41. The highest BCUT2D eigenvalue weighted by Crippen LogP contribution is 2.35. The van der Waals surface area contributed by atoms with Gasteiger partial charge in [0.2, 0.25) is 0 Å². The molecule has 0 aliphatic heterocycles. The van der Waals surface area contributed by atoms with Gasteiger partial charge in [-0.1, -0.05) is 18.2 Å². The quantitative estimate of drug-likeness (QED) is 0.873. The van der Waals surface area contributed by atoms with Crippen LogP contribution in [0.3, 0.4) is 0 Å². The fourth-order valence-corrected chi connectivity index (χ4v) is 3.04. The molecule has 0 atom stereocenters. The van der Waals surface area contributed by atoms with Gasteiger partial charge in [0.15, 0.2) is 0 Å². The van der Waals surface area contributed by atoms with E-state index < -0.39 is 0 Å². The van der Waals surface area contributed by atoms with Crippen molar-refractivity contribution in [1.82, 2.24) is 4.98 Å². The molecule has 0 amide bonds. The molecule has 1 aliphatic rings. The van der Waals surface area contributed by atoms with E-state index in [0.717, 1.165) is 18.0 Å². The Labute approximate surface area is 108 Å². The second-order valence-corrected chi connectivity index (χ2v) is 5.41. The lowest BCUT2D eigenvalue weighted by Crippen LogP contribution is -2.20. The van der Waals surface area contributed by atoms with Crippen molar-refractivity contribution in [2.75, 3.05) is 6.54 Å². The summed E-state index contributed by atoms with van der Waals surface area (Å²) in [6.07, 6.45) is 7.14. The fraction of sp³-hybridized carbons (Fsp3) is 0.438. The summed E-state index contributed by atoms with van der Waals surface area (Å²) >= 11 is 0. The first-order chi connectivity index (χ1) is 8.86. The molecule has 0 saturated heterocycles. The Hall–Kier alpha value is -1.41. The molecule has 0 radical (unpaired) electrons. The van der Waals surface area contributed by atoms with Crippen LogP contribution in [0.1, 0.15) is 37.2 Å². The minimum Gasteiger partial charge on any atom is -0.330 e. The molecule has 3 rings (SSSR count). The molecular weight excluding hydrogens is 220 g/mol. The van der Waals surface area contributed by atoms with E-state index in [-0.39, 0.29) is 0 Å². The maximum absolute atomic E-state index is 5.75. The van der Waals surface area contributed by atoms with Crippen LogP contribution in [-0.4, -0.2) is 11.5 Å². The van der Waals surface area contributed by atoms with E-state index in [1.54, 1.807) is 0 Å². The maximum Gasteiger partial charge on any atom is 0.0702 e. The molecule has 2 heteroatoms. The van der Waals surface area contributed by atoms with E-state index in [4.69, 9.17) is 5.73 Å². The van der Waals surface area contributed by atoms with Gasteiger partial charge in [-0.3, -0.25) is 4.98 Å². The molecule has 0 bridgehead atoms. The highest BCUT2D eigenvalue weighted by atomic mass is 14.7. The van der Waals surface area contributed by atoms with Gasteiger partial charge in [0.1, 0.15) is 0 Å². The second kappa shape index (κ2) is 5.07. The molecule has 2 aromatic rings. The molecule has 1 fully saturated rings. The minimum atomic E-state index is 0.685. The van der Waals surface area contributed by atoms with E-state index >= 15 is 0 Å². The Kier molecular flexibility index (Phi) is 3.28. The van der Waals surface area contributed by atoms with Crippen molar-refractivity contribution in [3.8, 4) is 0 Å². The van der Waals surface area contributed by atoms with E-state index in [0.29, 0.717) is 5.92 Å². The normalized spacial score (nSPS) is 24.3. The Morgan fingerprint density at radius 2 is 1.89 bits per heavy atom. The summed E-state index contributed by atoms with van der Waals surface area (Å²) in [6.45, 7) is 0.850. The number of pyridine rings is 1. The maximum atomic E-state index is 5.75. The Balaban J connectivity index is 1.82. The van der Waals surface area contributed by atoms with Crippen molar-refractivity contribution in [3.63, 3.8) is 0 Å². The summed E-state index contributed by atoms with van der Waals surface area (Å²) in [6, 6.07) is 10.7. The van der Waals surface area contributed by atoms with Crippen LogP contribution in [0.4, 0.5) is 0 Å². The molecule has 0 spiro atoms. The number of nitrogens with two attached hydrogens (primary N) is 1. The Bertz CT molecular complexity index is 527. The van der Waals surface area contributed by atoms with Gasteiger partial charge < -0.3 is 5.73 Å². The van der Waals surface area contributed by atoms with Crippen LogP contribution in [0, 0.1) is 5.92 Å². The van der Waals surface area contributed by atoms with Gasteiger partial charge in [-0.25, -0.2) is 0 Å². The first-order valence-corrected chi connectivity index (χ1v) is 6.91. The van der Waals surface area contributed by atoms with Crippen LogP contribution < -0.4 is 5.73 Å². The van der Waals surface area contributed by atoms with Gasteiger partial charge in [0.05, 0.1) is 5.52 Å². The predicted octanol–water partition coefficient (Wildman–Crippen LogP) is 3.47. The van der Waals surface area contributed by atoms with Crippen molar-refractivity contribution >= 4 is 10.9 Å². The van der Waals surface area contributed by atoms with Crippen molar-refractivity contribution in [3.05, 3.63) is 42.1 Å². The lowest BCUT2D eigenvalue weighted by molar-refractivity contribution is 0.332. The van der Waals surface area contributed by atoms with Crippen molar-refractivity contribution in [1.29, 1.82) is 0 Å². The zero-order valence-electron chi connectivity index (χ0n) is 10.7. The van der Waals surface area contributed by atoms with Crippen LogP contribution in [-0.2, 0) is 0 Å². The zero-order valence-corrected chi connectivity index (χ0v) is 10.7. The van der Waals surface area contributed by atoms with Crippen LogP contribution >= 0.6 is 0 Å². The SMILES string of the molecule is NCC1CCC(c2cnc3ccccc3c2)CC1. The molecule has 1 aliphatic carbocycles. The summed E-state index contributed by atoms with van der Waals surface area (Å²) < 4.78 is 0. The first kappa shape index (κ1) is 11.7. The van der Waals surface area contributed by atoms with Crippen molar-refractivity contribution in [2.45, 2.75) is 31.6 Å². The highest BCUT2D eigenvalue weighted by molar-refractivity contribution is 5.78. The third-order valence-corrected chi connectivity index (χ3v) is 4.26. The number of hydrogen-bond acceptors (Lipinski definition) is 2. The Morgan fingerprint density at radius 1 is 1.11 bits per heavy atom. The van der Waals surface area contributed by atoms with Gasteiger partial charge in [-0.05, 0) is 61.8 Å². The van der Waals surface area contributed by atoms with Gasteiger partial charge in [0.25, 0.3) is 0 Å². The number of benzene rings is 1. The van der Waals surface area contributed by atoms with Gasteiger partial charge >= 0.3 is 0 Å². The fourth-order valence-electron chi connectivity index (χ4n) is 3.04. The lowest BCUT2D eigenvalue weighted by Gasteiger charge is -2.27. The minimum absolute atomic E-state index is 0.685. The van der Waals surface area contributed by atoms with E-state index in [1.165, 1.54) is 36.6 Å². The molecular formula is C16H20N2. The molecule has 1 saturated carbocycles. The van der Waals surface area contributed by atoms with E-state index in [2.05, 4.69) is 35.4 Å². The molecule has 94 valence electrons. The van der Waals surface area contributed by atoms with Gasteiger partial charge in [-0.15, -0.1) is 0 Å². The third-order valence-electron chi connectivity index (χ3n) is 4.26. The summed E-state index contributed by atoms with van der Waals surface area (Å²) in [5, 5.41) is 1.26. The van der Waals surface area contributed by atoms with E-state index in [1.807, 2.05) is 6.07 Å². The highest BCUT2D eigenvalue weighted by Gasteiger charge is 2.21. The summed E-state index contributed by atoms with van der Waals surface area (Å²) in [4.78, 5) is 4.57. The summed E-state index contributed by atoms with van der Waals surface area (Å²) in [5.41, 5.74) is 8.25. The van der Waals surface area contributed by atoms with Gasteiger partial charge in [0, 0.05) is 11.6 Å².